The van der Waals surface area contributed by atoms with Crippen LogP contribution in [0.1, 0.15) is 271 Å². The lowest BCUT2D eigenvalue weighted by Gasteiger charge is -2.47. The van der Waals surface area contributed by atoms with Crippen molar-refractivity contribution < 1.29 is 63.9 Å². The highest BCUT2D eigenvalue weighted by atomic mass is 32.2. The number of likely N-dealkylation sites (tertiary alicyclic amines) is 1. The van der Waals surface area contributed by atoms with Crippen LogP contribution in [-0.2, 0) is 42.8 Å². The normalized spacial score (nSPS) is 24.7. The van der Waals surface area contributed by atoms with Crippen LogP contribution in [0.3, 0.4) is 0 Å². The molecule has 2 aliphatic carbocycles. The number of nitrogens with one attached hydrogen (secondary N) is 1. The first kappa shape index (κ1) is 77.9. The van der Waals surface area contributed by atoms with Crippen LogP contribution in [0.15, 0.2) is 58.5 Å². The molecule has 6 aliphatic rings. The molecule has 4 atom stereocenters. The number of amidine groups is 1. The lowest BCUT2D eigenvalue weighted by atomic mass is 9.69. The smallest absolute Gasteiger partial charge is 0.459 e. The Balaban J connectivity index is 0.000000262. The highest BCUT2D eigenvalue weighted by Gasteiger charge is 2.58. The van der Waals surface area contributed by atoms with E-state index in [9.17, 15) is 40.8 Å². The average molecular weight is 1340 g/mol. The number of aliphatic imine (C=N–C) groups is 2. The van der Waals surface area contributed by atoms with Crippen molar-refractivity contribution in [2.24, 2.45) is 43.5 Å². The molecule has 2 saturated heterocycles. The molecule has 2 spiro atoms. The van der Waals surface area contributed by atoms with Crippen LogP contribution in [0.2, 0.25) is 0 Å². The number of benzene rings is 2. The first-order valence-corrected chi connectivity index (χ1v) is 36.2. The van der Waals surface area contributed by atoms with E-state index in [0.717, 1.165) is 76.6 Å². The Labute approximate surface area is 561 Å². The molecule has 4 heterocycles. The molecular weight excluding hydrogens is 1230 g/mol. The van der Waals surface area contributed by atoms with Gasteiger partial charge >= 0.3 is 33.5 Å². The van der Waals surface area contributed by atoms with E-state index in [2.05, 4.69) is 93.5 Å². The minimum atomic E-state index is -6.11. The van der Waals surface area contributed by atoms with Gasteiger partial charge in [0.05, 0.1) is 47.6 Å². The quantitative estimate of drug-likeness (QED) is 0.0893. The van der Waals surface area contributed by atoms with Gasteiger partial charge in [-0.1, -0.05) is 107 Å². The standard InChI is InChI=1S/C36H57N3O4.C30H43F3N2O6S.C7H15NO/c1-10-42-29-12-11-23-38(24-29)31-32(40)39(36(37-31)21-17-28(18-22-36)35(7,8)9)30(19-20-34(4,5)6)26-13-15-27(16-14-26)33(41)43-25(2)3;1-19(2)40-26(37)21-11-9-20(10-12-21)23(15-16-27(3,4)5)35-25(36)24(41-42(38,39)30(31,32)33)34-29(35)17-13-22(14-18-29)28(6,7)8;1-2-9-7-4-3-5-8-6-7/h13-16,25,28-30H,10-12,17-24H2,1-9H3;9-12,19,22-23H,13-18H2,1-8H3;7-8H,2-6H2,1H3/t28?,29?,30-,36?;22?,23-,29?;/m11./s1. The summed E-state index contributed by atoms with van der Waals surface area (Å²) < 4.78 is 90.2. The lowest BCUT2D eigenvalue weighted by molar-refractivity contribution is -0.135. The SMILES string of the molecule is CC(C)OC(=O)c1ccc([C@@H](CCC(C)(C)C)N2C(=O)C(OS(=O)(=O)C(F)(F)F)=NC23CCC(C(C)(C)C)CC3)cc1.CCOC1CCCN(C2=NC3(CCC(C(C)(C)C)CC3)N([C@H](CCC(C)(C)C)c3ccc(C(=O)OC(C)C)cc3)C2=O)C1.CCOC1CCCNC1. The van der Waals surface area contributed by atoms with Crippen LogP contribution in [0.25, 0.3) is 0 Å². The molecule has 1 N–H and O–H groups in total. The second-order valence-electron chi connectivity index (χ2n) is 31.9. The fourth-order valence-electron chi connectivity index (χ4n) is 14.0. The maximum Gasteiger partial charge on any atom is 0.534 e. The number of ether oxygens (including phenoxy) is 4. The van der Waals surface area contributed by atoms with Gasteiger partial charge in [0.25, 0.3) is 11.8 Å². The Morgan fingerprint density at radius 3 is 1.40 bits per heavy atom. The molecule has 4 aliphatic heterocycles. The minimum Gasteiger partial charge on any atom is -0.459 e. The summed E-state index contributed by atoms with van der Waals surface area (Å²) in [7, 11) is -6.11. The maximum absolute atomic E-state index is 14.7. The summed E-state index contributed by atoms with van der Waals surface area (Å²) in [6, 6.07) is 13.5. The van der Waals surface area contributed by atoms with E-state index in [1.54, 1.807) is 38.1 Å². The van der Waals surface area contributed by atoms with Gasteiger partial charge in [-0.25, -0.2) is 19.6 Å². The van der Waals surface area contributed by atoms with Crippen molar-refractivity contribution in [3.8, 4) is 0 Å². The predicted molar refractivity (Wildman–Crippen MR) is 363 cm³/mol. The Morgan fingerprint density at radius 2 is 1.02 bits per heavy atom. The molecule has 0 bridgehead atoms. The Morgan fingerprint density at radius 1 is 0.606 bits per heavy atom. The monoisotopic (exact) mass is 1340 g/mol. The summed E-state index contributed by atoms with van der Waals surface area (Å²) in [5.74, 6) is -1.34. The highest BCUT2D eigenvalue weighted by molar-refractivity contribution is 7.88. The van der Waals surface area contributed by atoms with E-state index in [-0.39, 0.29) is 63.8 Å². The zero-order valence-electron chi connectivity index (χ0n) is 60.1. The van der Waals surface area contributed by atoms with Crippen LogP contribution in [0.5, 0.6) is 0 Å². The van der Waals surface area contributed by atoms with E-state index in [1.165, 1.54) is 24.3 Å². The number of amides is 2. The third-order valence-corrected chi connectivity index (χ3v) is 20.2. The van der Waals surface area contributed by atoms with Crippen LogP contribution >= 0.6 is 0 Å². The van der Waals surface area contributed by atoms with Crippen molar-refractivity contribution in [2.45, 2.75) is 281 Å². The van der Waals surface area contributed by atoms with Crippen molar-refractivity contribution >= 4 is 45.6 Å². The van der Waals surface area contributed by atoms with Gasteiger partial charge in [-0.2, -0.15) is 21.6 Å². The molecule has 8 rings (SSSR count). The summed E-state index contributed by atoms with van der Waals surface area (Å²) in [6.07, 6.45) is 13.3. The number of alkyl halides is 3. The van der Waals surface area contributed by atoms with E-state index in [4.69, 9.17) is 23.9 Å². The number of rotatable bonds is 17. The van der Waals surface area contributed by atoms with Gasteiger partial charge in [0, 0.05) is 32.8 Å². The molecule has 0 radical (unpaired) electrons. The third-order valence-electron chi connectivity index (χ3n) is 19.3. The van der Waals surface area contributed by atoms with Gasteiger partial charge in [0.15, 0.2) is 5.84 Å². The molecule has 530 valence electrons. The second kappa shape index (κ2) is 32.0. The fraction of sp³-hybridized carbons (Fsp3) is 0.753. The molecule has 2 aromatic carbocycles. The fourth-order valence-corrected chi connectivity index (χ4v) is 14.4. The summed E-state index contributed by atoms with van der Waals surface area (Å²) in [4.78, 5) is 69.2. The summed E-state index contributed by atoms with van der Waals surface area (Å²) >= 11 is 0. The Hall–Kier alpha value is -5.12. The molecular formula is C73H115F3N6O11S. The van der Waals surface area contributed by atoms with Gasteiger partial charge < -0.3 is 43.1 Å². The number of carbonyl (C=O) groups is 4. The Bertz CT molecular complexity index is 2990. The largest absolute Gasteiger partial charge is 0.534 e. The van der Waals surface area contributed by atoms with Crippen LogP contribution in [-0.4, -0.2) is 139 Å². The maximum atomic E-state index is 14.7. The van der Waals surface area contributed by atoms with Gasteiger partial charge in [-0.05, 0) is 220 Å². The molecule has 0 aromatic heterocycles. The molecule has 21 heteroatoms. The van der Waals surface area contributed by atoms with E-state index < -0.39 is 50.8 Å². The molecule has 2 amide bonds. The van der Waals surface area contributed by atoms with Crippen LogP contribution in [0, 0.1) is 33.5 Å². The van der Waals surface area contributed by atoms with Gasteiger partial charge in [-0.15, -0.1) is 0 Å². The van der Waals surface area contributed by atoms with Crippen molar-refractivity contribution in [1.29, 1.82) is 0 Å². The molecule has 2 aromatic rings. The van der Waals surface area contributed by atoms with E-state index in [1.807, 2.05) is 65.8 Å². The zero-order chi connectivity index (χ0) is 70.0. The van der Waals surface area contributed by atoms with Crippen molar-refractivity contribution in [2.75, 3.05) is 39.4 Å². The number of nitrogens with zero attached hydrogens (tertiary/aromatic N) is 5. The molecule has 94 heavy (non-hydrogen) atoms. The number of piperidine rings is 2. The number of hydrogen-bond donors (Lipinski definition) is 1. The Kier molecular flexibility index (Phi) is 26.5. The number of esters is 2. The van der Waals surface area contributed by atoms with Gasteiger partial charge in [-0.3, -0.25) is 9.59 Å². The summed E-state index contributed by atoms with van der Waals surface area (Å²) in [5.41, 5.74) is -4.85. The van der Waals surface area contributed by atoms with E-state index in [0.29, 0.717) is 86.2 Å². The highest BCUT2D eigenvalue weighted by Crippen LogP contribution is 2.52. The lowest BCUT2D eigenvalue weighted by Crippen LogP contribution is -2.53. The predicted octanol–water partition coefficient (Wildman–Crippen LogP) is 15.7. The van der Waals surface area contributed by atoms with Gasteiger partial charge in [0.1, 0.15) is 11.3 Å². The summed E-state index contributed by atoms with van der Waals surface area (Å²) in [5, 5.41) is 3.29. The number of halogens is 3. The molecule has 17 nitrogen and oxygen atoms in total. The first-order valence-electron chi connectivity index (χ1n) is 34.8. The van der Waals surface area contributed by atoms with Crippen LogP contribution < -0.4 is 5.32 Å². The number of carbonyl (C=O) groups excluding carboxylic acids is 4. The molecule has 2 saturated carbocycles. The third kappa shape index (κ3) is 21.0. The van der Waals surface area contributed by atoms with Crippen molar-refractivity contribution in [3.05, 3.63) is 70.8 Å². The van der Waals surface area contributed by atoms with Crippen LogP contribution in [0.4, 0.5) is 13.2 Å². The second-order valence-corrected chi connectivity index (χ2v) is 33.4. The van der Waals surface area contributed by atoms with Gasteiger partial charge in [0.2, 0.25) is 0 Å². The molecule has 2 unspecified atom stereocenters. The minimum absolute atomic E-state index is 0.0379. The topological polar surface area (TPSA) is 195 Å². The van der Waals surface area contributed by atoms with Crippen molar-refractivity contribution in [1.82, 2.24) is 20.0 Å². The molecule has 4 fully saturated rings. The zero-order valence-corrected chi connectivity index (χ0v) is 60.9. The van der Waals surface area contributed by atoms with E-state index >= 15 is 0 Å². The first-order chi connectivity index (χ1) is 43.6. The average Bonchev–Trinajstić information content (AvgIpc) is 1.58. The number of hydrogen-bond acceptors (Lipinski definition) is 15. The summed E-state index contributed by atoms with van der Waals surface area (Å²) in [6.45, 7) is 42.8. The van der Waals surface area contributed by atoms with Crippen molar-refractivity contribution in [3.63, 3.8) is 0 Å².